The number of hydrogen-bond donors (Lipinski definition) is 0. The fourth-order valence-electron chi connectivity index (χ4n) is 1.15. The zero-order chi connectivity index (χ0) is 12.3. The molecule has 1 aromatic rings. The molecule has 1 aromatic heterocycles. The summed E-state index contributed by atoms with van der Waals surface area (Å²) in [5.74, 6) is 0. The van der Waals surface area contributed by atoms with E-state index in [4.69, 9.17) is 15.4 Å². The van der Waals surface area contributed by atoms with Crippen molar-refractivity contribution < 1.29 is 13.2 Å². The lowest BCUT2D eigenvalue weighted by Crippen LogP contribution is -2.10. The van der Waals surface area contributed by atoms with E-state index in [0.29, 0.717) is 5.69 Å². The number of ether oxygens (including phenoxy) is 1. The summed E-state index contributed by atoms with van der Waals surface area (Å²) in [7, 11) is 3.18. The summed E-state index contributed by atoms with van der Waals surface area (Å²) in [4.78, 5) is 0.0139. The van der Waals surface area contributed by atoms with Crippen molar-refractivity contribution in [3.05, 3.63) is 11.9 Å². The molecule has 0 aliphatic heterocycles. The highest BCUT2D eigenvalue weighted by Crippen LogP contribution is 2.20. The van der Waals surface area contributed by atoms with Gasteiger partial charge in [0.1, 0.15) is 4.90 Å². The van der Waals surface area contributed by atoms with Crippen LogP contribution in [0.15, 0.2) is 11.1 Å². The van der Waals surface area contributed by atoms with Gasteiger partial charge >= 0.3 is 0 Å². The van der Waals surface area contributed by atoms with Crippen molar-refractivity contribution in [3.8, 4) is 0 Å². The molecule has 1 unspecified atom stereocenters. The third-order valence-electron chi connectivity index (χ3n) is 2.37. The lowest BCUT2D eigenvalue weighted by atomic mass is 10.3. The number of halogens is 1. The number of nitrogens with zero attached hydrogens (tertiary/aromatic N) is 2. The maximum Gasteiger partial charge on any atom is 0.264 e. The molecular formula is C9H15ClN2O3S. The van der Waals surface area contributed by atoms with E-state index < -0.39 is 9.05 Å². The van der Waals surface area contributed by atoms with Crippen LogP contribution in [-0.4, -0.2) is 24.3 Å². The quantitative estimate of drug-likeness (QED) is 0.761. The average Bonchev–Trinajstić information content (AvgIpc) is 2.55. The van der Waals surface area contributed by atoms with Gasteiger partial charge in [0.05, 0.1) is 24.6 Å². The SMILES string of the molecule is CCC(C)OCc1c(S(=O)(=O)Cl)cnn1C. The van der Waals surface area contributed by atoms with Gasteiger partial charge in [-0.05, 0) is 13.3 Å². The molecule has 0 saturated heterocycles. The minimum absolute atomic E-state index is 0.0139. The minimum atomic E-state index is -3.76. The van der Waals surface area contributed by atoms with Gasteiger partial charge in [0.25, 0.3) is 9.05 Å². The van der Waals surface area contributed by atoms with E-state index in [0.717, 1.165) is 6.42 Å². The molecule has 0 N–H and O–H groups in total. The van der Waals surface area contributed by atoms with Crippen LogP contribution < -0.4 is 0 Å². The van der Waals surface area contributed by atoms with Crippen molar-refractivity contribution in [1.82, 2.24) is 9.78 Å². The standard InChI is InChI=1S/C9H15ClN2O3S/c1-4-7(2)15-6-8-9(16(10,13)14)5-11-12(8)3/h5,7H,4,6H2,1-3H3. The Morgan fingerprint density at radius 1 is 1.62 bits per heavy atom. The Balaban J connectivity index is 2.91. The van der Waals surface area contributed by atoms with E-state index in [2.05, 4.69) is 5.10 Å². The highest BCUT2D eigenvalue weighted by molar-refractivity contribution is 8.13. The van der Waals surface area contributed by atoms with E-state index in [1.54, 1.807) is 7.05 Å². The minimum Gasteiger partial charge on any atom is -0.372 e. The predicted molar refractivity (Wildman–Crippen MR) is 60.8 cm³/mol. The molecule has 0 fully saturated rings. The molecular weight excluding hydrogens is 252 g/mol. The monoisotopic (exact) mass is 266 g/mol. The Morgan fingerprint density at radius 2 is 2.25 bits per heavy atom. The van der Waals surface area contributed by atoms with Crippen molar-refractivity contribution in [3.63, 3.8) is 0 Å². The smallest absolute Gasteiger partial charge is 0.264 e. The first-order valence-electron chi connectivity index (χ1n) is 4.93. The second kappa shape index (κ2) is 5.16. The molecule has 5 nitrogen and oxygen atoms in total. The van der Waals surface area contributed by atoms with Gasteiger partial charge in [-0.15, -0.1) is 0 Å². The van der Waals surface area contributed by atoms with Crippen LogP contribution in [0.25, 0.3) is 0 Å². The largest absolute Gasteiger partial charge is 0.372 e. The average molecular weight is 267 g/mol. The first kappa shape index (κ1) is 13.5. The first-order valence-corrected chi connectivity index (χ1v) is 7.24. The Morgan fingerprint density at radius 3 is 2.75 bits per heavy atom. The number of aromatic nitrogens is 2. The number of hydrogen-bond acceptors (Lipinski definition) is 4. The van der Waals surface area contributed by atoms with Crippen LogP contribution in [0, 0.1) is 0 Å². The van der Waals surface area contributed by atoms with Crippen LogP contribution in [0.4, 0.5) is 0 Å². The third kappa shape index (κ3) is 3.20. The van der Waals surface area contributed by atoms with Crippen molar-refractivity contribution >= 4 is 19.7 Å². The van der Waals surface area contributed by atoms with Crippen molar-refractivity contribution in [2.45, 2.75) is 37.9 Å². The van der Waals surface area contributed by atoms with E-state index in [1.165, 1.54) is 10.9 Å². The van der Waals surface area contributed by atoms with E-state index in [-0.39, 0.29) is 17.6 Å². The summed E-state index contributed by atoms with van der Waals surface area (Å²) in [6, 6.07) is 0. The Labute approximate surface area is 99.8 Å². The van der Waals surface area contributed by atoms with Crippen LogP contribution in [0.1, 0.15) is 26.0 Å². The lowest BCUT2D eigenvalue weighted by Gasteiger charge is -2.11. The molecule has 92 valence electrons. The zero-order valence-corrected chi connectivity index (χ0v) is 11.0. The molecule has 7 heteroatoms. The highest BCUT2D eigenvalue weighted by atomic mass is 35.7. The fraction of sp³-hybridized carbons (Fsp3) is 0.667. The second-order valence-electron chi connectivity index (χ2n) is 3.55. The normalized spacial score (nSPS) is 14.0. The Bertz CT molecular complexity index is 455. The fourth-order valence-corrected chi connectivity index (χ4v) is 2.18. The molecule has 1 rings (SSSR count). The van der Waals surface area contributed by atoms with Crippen molar-refractivity contribution in [2.24, 2.45) is 7.05 Å². The molecule has 0 radical (unpaired) electrons. The summed E-state index contributed by atoms with van der Waals surface area (Å²) in [5, 5.41) is 3.86. The maximum absolute atomic E-state index is 11.2. The van der Waals surface area contributed by atoms with E-state index in [1.807, 2.05) is 13.8 Å². The van der Waals surface area contributed by atoms with Gasteiger partial charge in [0.15, 0.2) is 0 Å². The van der Waals surface area contributed by atoms with Crippen LogP contribution >= 0.6 is 10.7 Å². The molecule has 0 aromatic carbocycles. The van der Waals surface area contributed by atoms with Crippen LogP contribution in [0.3, 0.4) is 0 Å². The molecule has 0 aliphatic carbocycles. The van der Waals surface area contributed by atoms with Gasteiger partial charge in [-0.1, -0.05) is 6.92 Å². The Hall–Kier alpha value is -0.590. The van der Waals surface area contributed by atoms with Gasteiger partial charge in [-0.25, -0.2) is 8.42 Å². The van der Waals surface area contributed by atoms with Gasteiger partial charge in [-0.3, -0.25) is 4.68 Å². The summed E-state index contributed by atoms with van der Waals surface area (Å²) in [6.45, 7) is 4.10. The van der Waals surface area contributed by atoms with Gasteiger partial charge in [0.2, 0.25) is 0 Å². The maximum atomic E-state index is 11.2. The highest BCUT2D eigenvalue weighted by Gasteiger charge is 2.20. The molecule has 0 amide bonds. The summed E-state index contributed by atoms with van der Waals surface area (Å²) in [6.07, 6.45) is 2.17. The number of rotatable bonds is 5. The predicted octanol–water partition coefficient (Wildman–Crippen LogP) is 1.66. The summed E-state index contributed by atoms with van der Waals surface area (Å²) < 4.78 is 29.4. The van der Waals surface area contributed by atoms with Gasteiger partial charge < -0.3 is 4.74 Å². The van der Waals surface area contributed by atoms with Gasteiger partial charge in [0, 0.05) is 17.7 Å². The molecule has 1 atom stereocenters. The number of aryl methyl sites for hydroxylation is 1. The van der Waals surface area contributed by atoms with Crippen LogP contribution in [0.5, 0.6) is 0 Å². The molecule has 16 heavy (non-hydrogen) atoms. The molecule has 0 aliphatic rings. The summed E-state index contributed by atoms with van der Waals surface area (Å²) >= 11 is 0. The molecule has 0 spiro atoms. The zero-order valence-electron chi connectivity index (χ0n) is 9.47. The van der Waals surface area contributed by atoms with Crippen molar-refractivity contribution in [2.75, 3.05) is 0 Å². The van der Waals surface area contributed by atoms with E-state index >= 15 is 0 Å². The van der Waals surface area contributed by atoms with Gasteiger partial charge in [-0.2, -0.15) is 5.10 Å². The topological polar surface area (TPSA) is 61.2 Å². The van der Waals surface area contributed by atoms with Crippen LogP contribution in [-0.2, 0) is 27.4 Å². The van der Waals surface area contributed by atoms with Crippen molar-refractivity contribution in [1.29, 1.82) is 0 Å². The Kier molecular flexibility index (Phi) is 4.35. The molecule has 1 heterocycles. The van der Waals surface area contributed by atoms with E-state index in [9.17, 15) is 8.42 Å². The molecule has 0 bridgehead atoms. The third-order valence-corrected chi connectivity index (χ3v) is 3.73. The second-order valence-corrected chi connectivity index (χ2v) is 6.08. The first-order chi connectivity index (χ1) is 7.36. The van der Waals surface area contributed by atoms with Crippen LogP contribution in [0.2, 0.25) is 0 Å². The summed E-state index contributed by atoms with van der Waals surface area (Å²) in [5.41, 5.74) is 0.468. The lowest BCUT2D eigenvalue weighted by molar-refractivity contribution is 0.0458. The molecule has 0 saturated carbocycles.